The van der Waals surface area contributed by atoms with E-state index in [0.717, 1.165) is 38.8 Å². The van der Waals surface area contributed by atoms with Gasteiger partial charge < -0.3 is 19.7 Å². The number of esters is 2. The van der Waals surface area contributed by atoms with Gasteiger partial charge in [-0.1, -0.05) is 49.9 Å². The van der Waals surface area contributed by atoms with E-state index in [9.17, 15) is 28.8 Å². The molecule has 2 saturated heterocycles. The summed E-state index contributed by atoms with van der Waals surface area (Å²) in [6.45, 7) is 16.9. The second-order valence-electron chi connectivity index (χ2n) is 16.7. The molecule has 2 aromatic rings. The molecule has 0 spiro atoms. The largest absolute Gasteiger partial charge is 0.464 e. The summed E-state index contributed by atoms with van der Waals surface area (Å²) in [7, 11) is 0. The van der Waals surface area contributed by atoms with Gasteiger partial charge in [0.25, 0.3) is 11.8 Å². The number of nitrogens with one attached hydrogen (secondary N) is 2. The smallest absolute Gasteiger partial charge is 0.305 e. The third-order valence-corrected chi connectivity index (χ3v) is 10.6. The van der Waals surface area contributed by atoms with Crippen LogP contribution < -0.4 is 10.6 Å². The molecule has 0 bridgehead atoms. The monoisotopic (exact) mass is 774 g/mol. The van der Waals surface area contributed by atoms with Crippen molar-refractivity contribution < 1.29 is 38.2 Å². The summed E-state index contributed by atoms with van der Waals surface area (Å²) in [4.78, 5) is 80.5. The lowest BCUT2D eigenvalue weighted by Gasteiger charge is -2.29. The third-order valence-electron chi connectivity index (χ3n) is 10.6. The number of nitrogens with zero attached hydrogens (tertiary/aromatic N) is 2. The Kier molecular flexibility index (Phi) is 15.5. The van der Waals surface area contributed by atoms with E-state index in [4.69, 9.17) is 9.47 Å². The number of hydrogen-bond donors (Lipinski definition) is 2. The van der Waals surface area contributed by atoms with Gasteiger partial charge in [0.05, 0.1) is 17.1 Å². The molecule has 2 N–H and O–H groups in total. The van der Waals surface area contributed by atoms with E-state index in [1.807, 2.05) is 27.7 Å². The first kappa shape index (κ1) is 44.3. The van der Waals surface area contributed by atoms with Crippen LogP contribution in [0.15, 0.2) is 48.5 Å². The molecular formula is C44H62N4O8. The van der Waals surface area contributed by atoms with Gasteiger partial charge >= 0.3 is 11.9 Å². The van der Waals surface area contributed by atoms with Gasteiger partial charge in [0.1, 0.15) is 13.2 Å². The van der Waals surface area contributed by atoms with Gasteiger partial charge in [-0.15, -0.1) is 0 Å². The average Bonchev–Trinajstić information content (AvgIpc) is 4.10. The zero-order valence-corrected chi connectivity index (χ0v) is 34.6. The lowest BCUT2D eigenvalue weighted by Crippen LogP contribution is -2.52. The minimum Gasteiger partial charge on any atom is -0.464 e. The van der Waals surface area contributed by atoms with Crippen LogP contribution in [0.3, 0.4) is 0 Å². The van der Waals surface area contributed by atoms with E-state index < -0.39 is 17.1 Å². The molecule has 0 aliphatic carbocycles. The molecule has 2 aliphatic rings. The van der Waals surface area contributed by atoms with Crippen LogP contribution in [0.1, 0.15) is 148 Å². The Morgan fingerprint density at radius 2 is 1.14 bits per heavy atom. The number of rotatable bonds is 23. The molecule has 0 aromatic heterocycles. The minimum atomic E-state index is -0.935. The molecule has 12 heteroatoms. The molecule has 2 aliphatic heterocycles. The normalized spacial score (nSPS) is 18.7. The number of hydrogen-bond acceptors (Lipinski definition) is 10. The van der Waals surface area contributed by atoms with E-state index in [1.54, 1.807) is 74.2 Å². The Bertz CT molecular complexity index is 1740. The summed E-state index contributed by atoms with van der Waals surface area (Å²) in [5.41, 5.74) is 0.256. The molecule has 5 atom stereocenters. The van der Waals surface area contributed by atoms with Crippen molar-refractivity contribution in [1.82, 2.24) is 20.4 Å². The van der Waals surface area contributed by atoms with Crippen molar-refractivity contribution in [3.63, 3.8) is 0 Å². The summed E-state index contributed by atoms with van der Waals surface area (Å²) in [6.07, 6.45) is 5.61. The van der Waals surface area contributed by atoms with Crippen molar-refractivity contribution in [3.05, 3.63) is 70.8 Å². The van der Waals surface area contributed by atoms with Crippen molar-refractivity contribution in [2.45, 2.75) is 142 Å². The third kappa shape index (κ3) is 12.8. The number of benzene rings is 2. The van der Waals surface area contributed by atoms with E-state index in [0.29, 0.717) is 54.0 Å². The van der Waals surface area contributed by atoms with E-state index >= 15 is 0 Å². The summed E-state index contributed by atoms with van der Waals surface area (Å²) in [5, 5.41) is 6.11. The molecule has 56 heavy (non-hydrogen) atoms. The van der Waals surface area contributed by atoms with Crippen LogP contribution in [-0.2, 0) is 19.1 Å². The van der Waals surface area contributed by atoms with E-state index in [2.05, 4.69) is 22.5 Å². The Hall–Kier alpha value is -4.42. The molecule has 2 aromatic carbocycles. The van der Waals surface area contributed by atoms with Gasteiger partial charge in [-0.05, 0) is 92.5 Å². The number of carbonyl (C=O) groups is 6. The predicted octanol–water partition coefficient (Wildman–Crippen LogP) is 6.16. The second-order valence-corrected chi connectivity index (χ2v) is 16.7. The summed E-state index contributed by atoms with van der Waals surface area (Å²) >= 11 is 0. The highest BCUT2D eigenvalue weighted by atomic mass is 16.5. The van der Waals surface area contributed by atoms with E-state index in [1.165, 1.54) is 0 Å². The van der Waals surface area contributed by atoms with Crippen molar-refractivity contribution in [3.8, 4) is 0 Å². The molecule has 5 unspecified atom stereocenters. The molecular weight excluding hydrogens is 713 g/mol. The SMILES string of the molecule is CC(COC(=O)CCCCCCCCC(=O)OCC(C)NC(C)(C)C(=O)c1cccc(C(=O)N2CC2C)c1)NC(=O)c1cccc(C(=O)C(C)(C)N2CC2C)c1. The standard InChI is InChI=1S/C44H62N4O8/c1-29(45-41(53)35-19-15-18-34(23-35)40(52)44(7,8)48-26-32(48)4)27-55-37(49)21-13-11-9-10-12-14-22-38(50)56-28-30(2)46-43(5,6)39(51)33-17-16-20-36(24-33)42(54)47-25-31(47)3/h15-20,23-24,29-32,46H,9-14,21-22,25-28H2,1-8H3,(H,45,53). The second kappa shape index (κ2) is 19.6. The lowest BCUT2D eigenvalue weighted by atomic mass is 9.91. The van der Waals surface area contributed by atoms with Crippen LogP contribution in [0.4, 0.5) is 0 Å². The zero-order valence-electron chi connectivity index (χ0n) is 34.6. The van der Waals surface area contributed by atoms with Crippen LogP contribution in [0.2, 0.25) is 0 Å². The molecule has 2 fully saturated rings. The topological polar surface area (TPSA) is 151 Å². The first-order valence-electron chi connectivity index (χ1n) is 20.2. The molecule has 2 heterocycles. The predicted molar refractivity (Wildman–Crippen MR) is 215 cm³/mol. The maximum Gasteiger partial charge on any atom is 0.305 e. The quantitative estimate of drug-likeness (QED) is 0.0582. The van der Waals surface area contributed by atoms with Crippen LogP contribution >= 0.6 is 0 Å². The summed E-state index contributed by atoms with van der Waals surface area (Å²) < 4.78 is 10.9. The highest BCUT2D eigenvalue weighted by Crippen LogP contribution is 2.32. The molecule has 2 amide bonds. The van der Waals surface area contributed by atoms with Crippen molar-refractivity contribution >= 4 is 35.3 Å². The van der Waals surface area contributed by atoms with Crippen LogP contribution in [0.25, 0.3) is 0 Å². The molecule has 0 saturated carbocycles. The van der Waals surface area contributed by atoms with Crippen molar-refractivity contribution in [1.29, 1.82) is 0 Å². The molecule has 0 radical (unpaired) electrons. The lowest BCUT2D eigenvalue weighted by molar-refractivity contribution is -0.145. The Balaban J connectivity index is 1.02. The maximum atomic E-state index is 13.3. The summed E-state index contributed by atoms with van der Waals surface area (Å²) in [5.74, 6) is -1.17. The van der Waals surface area contributed by atoms with Crippen molar-refractivity contribution in [2.75, 3.05) is 26.3 Å². The Morgan fingerprint density at radius 1 is 0.679 bits per heavy atom. The fourth-order valence-electron chi connectivity index (χ4n) is 7.04. The Morgan fingerprint density at radius 3 is 1.68 bits per heavy atom. The summed E-state index contributed by atoms with van der Waals surface area (Å²) in [6, 6.07) is 13.5. The number of ketones is 2. The number of Topliss-reactive ketones (excluding diaryl/α,β-unsaturated/α-hetero) is 2. The molecule has 306 valence electrons. The zero-order chi connectivity index (χ0) is 41.2. The van der Waals surface area contributed by atoms with Gasteiger partial charge in [-0.3, -0.25) is 39.0 Å². The highest BCUT2D eigenvalue weighted by molar-refractivity contribution is 6.06. The van der Waals surface area contributed by atoms with Gasteiger partial charge in [0.15, 0.2) is 11.6 Å². The first-order valence-corrected chi connectivity index (χ1v) is 20.2. The number of amides is 2. The average molecular weight is 775 g/mol. The van der Waals surface area contributed by atoms with Gasteiger partial charge in [-0.2, -0.15) is 0 Å². The van der Waals surface area contributed by atoms with Gasteiger partial charge in [0.2, 0.25) is 0 Å². The molecule has 12 nitrogen and oxygen atoms in total. The van der Waals surface area contributed by atoms with Crippen molar-refractivity contribution in [2.24, 2.45) is 0 Å². The fraction of sp³-hybridized carbons (Fsp3) is 0.591. The fourth-order valence-corrected chi connectivity index (χ4v) is 7.04. The van der Waals surface area contributed by atoms with Crippen LogP contribution in [0.5, 0.6) is 0 Å². The molecule has 4 rings (SSSR count). The maximum absolute atomic E-state index is 13.3. The highest BCUT2D eigenvalue weighted by Gasteiger charge is 2.46. The number of ether oxygens (including phenoxy) is 2. The van der Waals surface area contributed by atoms with Crippen LogP contribution in [0, 0.1) is 0 Å². The Labute approximate surface area is 332 Å². The minimum absolute atomic E-state index is 0.0260. The van der Waals surface area contributed by atoms with Crippen LogP contribution in [-0.4, -0.2) is 107 Å². The van der Waals surface area contributed by atoms with Gasteiger partial charge in [-0.25, -0.2) is 0 Å². The first-order chi connectivity index (χ1) is 26.4. The number of carbonyl (C=O) groups excluding carboxylic acids is 6. The number of unbranched alkanes of at least 4 members (excludes halogenated alkanes) is 5. The van der Waals surface area contributed by atoms with Gasteiger partial charge in [0, 0.05) is 66.3 Å². The van der Waals surface area contributed by atoms with E-state index in [-0.39, 0.29) is 60.6 Å².